The molecule has 7 rings (SSSR count). The lowest BCUT2D eigenvalue weighted by molar-refractivity contribution is 0.0101. The van der Waals surface area contributed by atoms with Crippen LogP contribution in [-0.4, -0.2) is 72.6 Å². The highest BCUT2D eigenvalue weighted by molar-refractivity contribution is 6.36. The Bertz CT molecular complexity index is 1830. The van der Waals surface area contributed by atoms with E-state index in [2.05, 4.69) is 46.2 Å². The Morgan fingerprint density at radius 1 is 0.889 bits per heavy atom. The Hall–Kier alpha value is -4.47. The van der Waals surface area contributed by atoms with Crippen LogP contribution in [0.5, 0.6) is 11.8 Å². The van der Waals surface area contributed by atoms with E-state index >= 15 is 0 Å². The van der Waals surface area contributed by atoms with E-state index in [1.54, 1.807) is 14.2 Å². The van der Waals surface area contributed by atoms with Gasteiger partial charge in [-0.1, -0.05) is 54.6 Å². The third-order valence-corrected chi connectivity index (χ3v) is 9.36. The minimum absolute atomic E-state index is 0.307. The van der Waals surface area contributed by atoms with Crippen molar-refractivity contribution in [2.24, 2.45) is 10.4 Å². The predicted molar refractivity (Wildman–Crippen MR) is 178 cm³/mol. The predicted octanol–water partition coefficient (Wildman–Crippen LogP) is 5.51. The highest BCUT2D eigenvalue weighted by atomic mass is 35.5. The summed E-state index contributed by atoms with van der Waals surface area (Å²) in [5, 5.41) is 7.30. The molecule has 2 N–H and O–H groups in total. The highest BCUT2D eigenvalue weighted by Crippen LogP contribution is 2.42. The second kappa shape index (κ2) is 11.8. The second-order valence-corrected chi connectivity index (χ2v) is 12.4. The number of methoxy groups -OCH3 is 2. The standard InChI is InChI=1S/C35H36ClN7O2/c1-21-15-35(18-40-21)19-43(20-35)17-30-34(45-4)42-29(16-39-30)24-8-5-7-23(22(24)2)25-9-6-10-26(31(25)36)28-12-11-27(33(41-28)44-3)32-37-13-14-38-32/h5-12,16,40H,1,13-15,17-20H2,2-4H3,(H,37,38). The molecule has 9 nitrogen and oxygen atoms in total. The highest BCUT2D eigenvalue weighted by Gasteiger charge is 2.46. The van der Waals surface area contributed by atoms with Crippen LogP contribution in [-0.2, 0) is 6.54 Å². The Morgan fingerprint density at radius 2 is 1.62 bits per heavy atom. The second-order valence-electron chi connectivity index (χ2n) is 12.0. The first-order valence-corrected chi connectivity index (χ1v) is 15.5. The van der Waals surface area contributed by atoms with Gasteiger partial charge in [-0.25, -0.2) is 9.97 Å². The maximum Gasteiger partial charge on any atom is 0.237 e. The summed E-state index contributed by atoms with van der Waals surface area (Å²) in [5.74, 6) is 1.86. The van der Waals surface area contributed by atoms with E-state index in [0.29, 0.717) is 28.7 Å². The van der Waals surface area contributed by atoms with Gasteiger partial charge in [0.15, 0.2) is 0 Å². The number of aliphatic imine (C=N–C) groups is 1. The minimum atomic E-state index is 0.307. The zero-order valence-corrected chi connectivity index (χ0v) is 26.5. The van der Waals surface area contributed by atoms with E-state index in [-0.39, 0.29) is 0 Å². The Kier molecular flexibility index (Phi) is 7.67. The molecule has 0 atom stereocenters. The first-order chi connectivity index (χ1) is 21.9. The molecule has 0 radical (unpaired) electrons. The lowest BCUT2D eigenvalue weighted by Gasteiger charge is -2.47. The van der Waals surface area contributed by atoms with Crippen LogP contribution in [0.15, 0.2) is 72.0 Å². The molecule has 0 amide bonds. The van der Waals surface area contributed by atoms with E-state index in [4.69, 9.17) is 36.0 Å². The molecule has 10 heteroatoms. The van der Waals surface area contributed by atoms with E-state index in [1.165, 1.54) is 0 Å². The lowest BCUT2D eigenvalue weighted by atomic mass is 9.78. The van der Waals surface area contributed by atoms with Crippen molar-refractivity contribution in [1.82, 2.24) is 30.5 Å². The summed E-state index contributed by atoms with van der Waals surface area (Å²) in [5.41, 5.74) is 9.36. The van der Waals surface area contributed by atoms with Crippen molar-refractivity contribution in [3.05, 3.63) is 88.8 Å². The molecule has 5 heterocycles. The lowest BCUT2D eigenvalue weighted by Crippen LogP contribution is -2.56. The van der Waals surface area contributed by atoms with Crippen LogP contribution < -0.4 is 20.1 Å². The number of nitrogens with one attached hydrogen (secondary N) is 2. The third kappa shape index (κ3) is 5.40. The van der Waals surface area contributed by atoms with Gasteiger partial charge >= 0.3 is 0 Å². The number of aromatic nitrogens is 3. The van der Waals surface area contributed by atoms with Crippen LogP contribution in [0.3, 0.4) is 0 Å². The average Bonchev–Trinajstić information content (AvgIpc) is 3.72. The molecule has 3 aliphatic heterocycles. The zero-order chi connectivity index (χ0) is 31.1. The maximum atomic E-state index is 7.12. The van der Waals surface area contributed by atoms with Gasteiger partial charge in [0.25, 0.3) is 0 Å². The van der Waals surface area contributed by atoms with Crippen molar-refractivity contribution < 1.29 is 9.47 Å². The van der Waals surface area contributed by atoms with Crippen LogP contribution in [0.25, 0.3) is 33.6 Å². The average molecular weight is 622 g/mol. The van der Waals surface area contributed by atoms with Gasteiger partial charge in [-0.15, -0.1) is 0 Å². The van der Waals surface area contributed by atoms with Crippen LogP contribution in [0, 0.1) is 12.3 Å². The minimum Gasteiger partial charge on any atom is -0.480 e. The van der Waals surface area contributed by atoms with Gasteiger partial charge in [0.05, 0.1) is 48.9 Å². The molecule has 3 aliphatic rings. The molecule has 0 unspecified atom stereocenters. The smallest absolute Gasteiger partial charge is 0.237 e. The van der Waals surface area contributed by atoms with Gasteiger partial charge < -0.3 is 20.1 Å². The number of hydrogen-bond donors (Lipinski definition) is 2. The molecule has 0 bridgehead atoms. The van der Waals surface area contributed by atoms with Crippen LogP contribution in [0.1, 0.15) is 23.2 Å². The number of halogens is 1. The number of rotatable bonds is 8. The maximum absolute atomic E-state index is 7.12. The number of hydrogen-bond acceptors (Lipinski definition) is 9. The molecule has 1 spiro atoms. The van der Waals surface area contributed by atoms with Crippen LogP contribution in [0.4, 0.5) is 0 Å². The van der Waals surface area contributed by atoms with Crippen LogP contribution >= 0.6 is 11.6 Å². The number of amidine groups is 1. The topological polar surface area (TPSA) is 96.8 Å². The van der Waals surface area contributed by atoms with Gasteiger partial charge in [0.2, 0.25) is 11.8 Å². The fourth-order valence-corrected chi connectivity index (χ4v) is 7.11. The molecule has 230 valence electrons. The summed E-state index contributed by atoms with van der Waals surface area (Å²) < 4.78 is 11.4. The summed E-state index contributed by atoms with van der Waals surface area (Å²) in [6, 6.07) is 16.1. The monoisotopic (exact) mass is 621 g/mol. The van der Waals surface area contributed by atoms with Crippen molar-refractivity contribution in [2.45, 2.75) is 19.9 Å². The summed E-state index contributed by atoms with van der Waals surface area (Å²) in [7, 11) is 3.27. The van der Waals surface area contributed by atoms with Gasteiger partial charge in [-0.3, -0.25) is 14.9 Å². The van der Waals surface area contributed by atoms with Crippen molar-refractivity contribution in [3.63, 3.8) is 0 Å². The molecule has 4 aromatic rings. The Labute approximate surface area is 268 Å². The van der Waals surface area contributed by atoms with E-state index in [9.17, 15) is 0 Å². The fraction of sp³-hybridized carbons (Fsp3) is 0.314. The van der Waals surface area contributed by atoms with E-state index < -0.39 is 0 Å². The summed E-state index contributed by atoms with van der Waals surface area (Å²) in [6.45, 7) is 11.5. The fourth-order valence-electron chi connectivity index (χ4n) is 6.79. The molecule has 45 heavy (non-hydrogen) atoms. The van der Waals surface area contributed by atoms with Crippen molar-refractivity contribution in [1.29, 1.82) is 0 Å². The number of benzene rings is 2. The van der Waals surface area contributed by atoms with Gasteiger partial charge in [0, 0.05) is 60.5 Å². The number of likely N-dealkylation sites (tertiary alicyclic amines) is 1. The Balaban J connectivity index is 1.16. The molecule has 2 aromatic heterocycles. The van der Waals surface area contributed by atoms with E-state index in [1.807, 2.05) is 42.6 Å². The molecule has 0 aliphatic carbocycles. The number of allylic oxidation sites excluding steroid dienone is 1. The molecular formula is C35H36ClN7O2. The molecule has 2 fully saturated rings. The molecular weight excluding hydrogens is 586 g/mol. The Morgan fingerprint density at radius 3 is 2.33 bits per heavy atom. The number of pyridine rings is 1. The molecule has 0 saturated carbocycles. The molecule has 2 saturated heterocycles. The van der Waals surface area contributed by atoms with Crippen LogP contribution in [0.2, 0.25) is 5.02 Å². The normalized spacial score (nSPS) is 17.1. The van der Waals surface area contributed by atoms with Gasteiger partial charge in [-0.2, -0.15) is 0 Å². The first kappa shape index (κ1) is 29.3. The third-order valence-electron chi connectivity index (χ3n) is 8.96. The van der Waals surface area contributed by atoms with Gasteiger partial charge in [-0.05, 0) is 36.6 Å². The number of nitrogens with zero attached hydrogens (tertiary/aromatic N) is 5. The molecule has 2 aromatic carbocycles. The van der Waals surface area contributed by atoms with Crippen molar-refractivity contribution in [2.75, 3.05) is 46.9 Å². The van der Waals surface area contributed by atoms with Crippen molar-refractivity contribution >= 4 is 17.4 Å². The summed E-state index contributed by atoms with van der Waals surface area (Å²) in [4.78, 5) is 21.4. The van der Waals surface area contributed by atoms with E-state index in [0.717, 1.165) is 101 Å². The van der Waals surface area contributed by atoms with Crippen molar-refractivity contribution in [3.8, 4) is 45.4 Å². The quantitative estimate of drug-likeness (QED) is 0.266. The largest absolute Gasteiger partial charge is 0.480 e. The number of ether oxygens (including phenoxy) is 2. The SMILES string of the molecule is C=C1CC2(CN1)CN(Cc1ncc(-c3cccc(-c4cccc(-c5ccc(C6=NCCN6)c(OC)n5)c4Cl)c3C)nc1OC)C2. The zero-order valence-electron chi connectivity index (χ0n) is 25.8. The summed E-state index contributed by atoms with van der Waals surface area (Å²) >= 11 is 7.12. The summed E-state index contributed by atoms with van der Waals surface area (Å²) in [6.07, 6.45) is 2.89. The first-order valence-electron chi connectivity index (χ1n) is 15.1. The van der Waals surface area contributed by atoms with Gasteiger partial charge in [0.1, 0.15) is 11.5 Å².